The van der Waals surface area contributed by atoms with Crippen LogP contribution in [-0.4, -0.2) is 60.7 Å². The summed E-state index contributed by atoms with van der Waals surface area (Å²) in [5, 5.41) is -0.325. The Balaban J connectivity index is 1.77. The predicted octanol–water partition coefficient (Wildman–Crippen LogP) is 4.87. The summed E-state index contributed by atoms with van der Waals surface area (Å²) in [4.78, 5) is 37.0. The molecule has 1 saturated heterocycles. The first-order valence-electron chi connectivity index (χ1n) is 14.1. The van der Waals surface area contributed by atoms with Gasteiger partial charge in [-0.15, -0.1) is 0 Å². The molecule has 0 radical (unpaired) electrons. The number of benzene rings is 1. The molecule has 230 valence electrons. The number of carbonyl (C=O) groups excluding carboxylic acids is 2. The van der Waals surface area contributed by atoms with E-state index in [1.54, 1.807) is 31.7 Å². The Kier molecular flexibility index (Phi) is 9.38. The highest BCUT2D eigenvalue weighted by Crippen LogP contribution is 2.33. The standard InChI is InChI=1S/C31H37FN4O6S/c1-19(2)17-41-22-15-20(14-21(32)16-22)24-12-11-23(26(37)18-43(39,40)28-10-6-9-27(33)35-28)29(34-24)36-13-7-8-25(36)30(38)42-31(3,4)5/h6,9-12,14-16,19,25H,7-8,13,17-18H2,1-5H3,(H2,33,35)/t25-/m1/s1. The number of anilines is 2. The SMILES string of the molecule is CC(C)COc1cc(F)cc(-c2ccc(C(=O)CS(=O)(=O)c3cccc(N)n3)c(N3CCC[C@@H]3C(=O)OC(C)(C)C)n2)c1. The van der Waals surface area contributed by atoms with Crippen LogP contribution in [-0.2, 0) is 19.4 Å². The number of esters is 1. The fourth-order valence-corrected chi connectivity index (χ4v) is 5.84. The number of nitrogens with two attached hydrogens (primary N) is 1. The average molecular weight is 613 g/mol. The number of nitrogen functional groups attached to an aromatic ring is 1. The topological polar surface area (TPSA) is 142 Å². The van der Waals surface area contributed by atoms with Crippen LogP contribution in [0.15, 0.2) is 53.6 Å². The molecule has 1 aliphatic rings. The number of ketones is 1. The zero-order valence-electron chi connectivity index (χ0n) is 25.0. The molecule has 4 rings (SSSR count). The largest absolute Gasteiger partial charge is 0.493 e. The molecule has 1 aliphatic heterocycles. The van der Waals surface area contributed by atoms with Gasteiger partial charge >= 0.3 is 5.97 Å². The minimum Gasteiger partial charge on any atom is -0.493 e. The molecule has 0 aliphatic carbocycles. The van der Waals surface area contributed by atoms with E-state index in [1.165, 1.54) is 42.5 Å². The third-order valence-electron chi connectivity index (χ3n) is 6.51. The fourth-order valence-electron chi connectivity index (χ4n) is 4.67. The molecule has 0 saturated carbocycles. The van der Waals surface area contributed by atoms with Crippen LogP contribution < -0.4 is 15.4 Å². The molecule has 1 atom stereocenters. The van der Waals surface area contributed by atoms with Gasteiger partial charge in [-0.25, -0.2) is 27.6 Å². The molecule has 12 heteroatoms. The molecule has 3 aromatic rings. The second-order valence-corrected chi connectivity index (χ2v) is 13.9. The van der Waals surface area contributed by atoms with Gasteiger partial charge in [0, 0.05) is 18.2 Å². The number of hydrogen-bond donors (Lipinski definition) is 1. The molecule has 0 bridgehead atoms. The Hall–Kier alpha value is -4.06. The fraction of sp³-hybridized carbons (Fsp3) is 0.419. The van der Waals surface area contributed by atoms with Gasteiger partial charge in [-0.1, -0.05) is 19.9 Å². The van der Waals surface area contributed by atoms with Crippen LogP contribution in [0.5, 0.6) is 5.75 Å². The highest BCUT2D eigenvalue weighted by atomic mass is 32.2. The lowest BCUT2D eigenvalue weighted by Crippen LogP contribution is -2.41. The molecule has 2 aromatic heterocycles. The average Bonchev–Trinajstić information content (AvgIpc) is 3.40. The van der Waals surface area contributed by atoms with Crippen LogP contribution in [0, 0.1) is 11.7 Å². The second-order valence-electron chi connectivity index (χ2n) is 11.9. The predicted molar refractivity (Wildman–Crippen MR) is 161 cm³/mol. The van der Waals surface area contributed by atoms with Crippen LogP contribution in [0.2, 0.25) is 0 Å². The van der Waals surface area contributed by atoms with Crippen molar-refractivity contribution in [3.63, 3.8) is 0 Å². The molecule has 2 N–H and O–H groups in total. The molecule has 10 nitrogen and oxygen atoms in total. The van der Waals surface area contributed by atoms with E-state index >= 15 is 0 Å². The third kappa shape index (κ3) is 8.07. The van der Waals surface area contributed by atoms with Gasteiger partial charge in [-0.3, -0.25) is 4.79 Å². The Morgan fingerprint density at radius 2 is 1.86 bits per heavy atom. The van der Waals surface area contributed by atoms with Gasteiger partial charge in [0.25, 0.3) is 0 Å². The lowest BCUT2D eigenvalue weighted by molar-refractivity contribution is -0.156. The summed E-state index contributed by atoms with van der Waals surface area (Å²) < 4.78 is 52.2. The maximum absolute atomic E-state index is 14.6. The number of carbonyl (C=O) groups is 2. The summed E-state index contributed by atoms with van der Waals surface area (Å²) in [7, 11) is -4.16. The van der Waals surface area contributed by atoms with Gasteiger partial charge < -0.3 is 20.1 Å². The van der Waals surface area contributed by atoms with Gasteiger partial charge in [0.2, 0.25) is 9.84 Å². The minimum atomic E-state index is -4.16. The molecule has 0 spiro atoms. The summed E-state index contributed by atoms with van der Waals surface area (Å²) in [5.41, 5.74) is 5.62. The number of hydrogen-bond acceptors (Lipinski definition) is 10. The highest BCUT2D eigenvalue weighted by molar-refractivity contribution is 7.92. The summed E-state index contributed by atoms with van der Waals surface area (Å²) in [6, 6.07) is 10.6. The van der Waals surface area contributed by atoms with E-state index in [2.05, 4.69) is 4.98 Å². The van der Waals surface area contributed by atoms with Gasteiger partial charge in [0.1, 0.15) is 40.6 Å². The normalized spacial score (nSPS) is 15.5. The summed E-state index contributed by atoms with van der Waals surface area (Å²) in [6.45, 7) is 9.99. The Morgan fingerprint density at radius 1 is 1.12 bits per heavy atom. The number of nitrogens with zero attached hydrogens (tertiary/aromatic N) is 3. The summed E-state index contributed by atoms with van der Waals surface area (Å²) >= 11 is 0. The molecule has 0 amide bonds. The van der Waals surface area contributed by atoms with Crippen molar-refractivity contribution in [1.82, 2.24) is 9.97 Å². The van der Waals surface area contributed by atoms with E-state index in [0.29, 0.717) is 43.0 Å². The quantitative estimate of drug-likeness (QED) is 0.249. The Bertz CT molecular complexity index is 1620. The minimum absolute atomic E-state index is 0.000582. The molecular formula is C31H37FN4O6S. The first-order valence-corrected chi connectivity index (χ1v) is 15.7. The smallest absolute Gasteiger partial charge is 0.329 e. The maximum atomic E-state index is 14.6. The first kappa shape index (κ1) is 31.9. The van der Waals surface area contributed by atoms with Crippen LogP contribution in [0.3, 0.4) is 0 Å². The van der Waals surface area contributed by atoms with E-state index in [9.17, 15) is 22.4 Å². The van der Waals surface area contributed by atoms with Crippen molar-refractivity contribution in [2.75, 3.05) is 29.5 Å². The van der Waals surface area contributed by atoms with E-state index in [0.717, 1.165) is 0 Å². The van der Waals surface area contributed by atoms with Crippen LogP contribution in [0.4, 0.5) is 16.0 Å². The van der Waals surface area contributed by atoms with Crippen molar-refractivity contribution >= 4 is 33.2 Å². The Morgan fingerprint density at radius 3 is 2.53 bits per heavy atom. The number of pyridine rings is 2. The van der Waals surface area contributed by atoms with Crippen molar-refractivity contribution in [3.05, 3.63) is 59.9 Å². The maximum Gasteiger partial charge on any atom is 0.329 e. The van der Waals surface area contributed by atoms with Crippen molar-refractivity contribution < 1.29 is 31.9 Å². The zero-order chi connectivity index (χ0) is 31.5. The van der Waals surface area contributed by atoms with Crippen molar-refractivity contribution in [3.8, 4) is 17.0 Å². The lowest BCUT2D eigenvalue weighted by atomic mass is 10.1. The number of rotatable bonds is 10. The number of sulfone groups is 1. The number of halogens is 1. The van der Waals surface area contributed by atoms with Crippen molar-refractivity contribution in [2.45, 2.75) is 64.1 Å². The van der Waals surface area contributed by atoms with E-state index in [4.69, 9.17) is 20.2 Å². The molecule has 3 heterocycles. The third-order valence-corrected chi connectivity index (χ3v) is 8.02. The molecule has 1 fully saturated rings. The summed E-state index contributed by atoms with van der Waals surface area (Å²) in [6.07, 6.45) is 1.06. The number of aromatic nitrogens is 2. The highest BCUT2D eigenvalue weighted by Gasteiger charge is 2.37. The number of ether oxygens (including phenoxy) is 2. The first-order chi connectivity index (χ1) is 20.1. The van der Waals surface area contributed by atoms with Gasteiger partial charge in [0.05, 0.1) is 17.9 Å². The van der Waals surface area contributed by atoms with Crippen LogP contribution in [0.25, 0.3) is 11.3 Å². The Labute approximate surface area is 251 Å². The van der Waals surface area contributed by atoms with Gasteiger partial charge in [-0.2, -0.15) is 0 Å². The number of Topliss-reactive ketones (excluding diaryl/α,β-unsaturated/α-hetero) is 1. The van der Waals surface area contributed by atoms with Crippen molar-refractivity contribution in [1.29, 1.82) is 0 Å². The van der Waals surface area contributed by atoms with E-state index in [1.807, 2.05) is 13.8 Å². The molecule has 0 unspecified atom stereocenters. The van der Waals surface area contributed by atoms with E-state index < -0.39 is 44.8 Å². The second kappa shape index (κ2) is 12.7. The van der Waals surface area contributed by atoms with Crippen LogP contribution >= 0.6 is 0 Å². The lowest BCUT2D eigenvalue weighted by Gasteiger charge is -2.29. The van der Waals surface area contributed by atoms with Gasteiger partial charge in [-0.05, 0) is 75.9 Å². The zero-order valence-corrected chi connectivity index (χ0v) is 25.8. The van der Waals surface area contributed by atoms with Crippen molar-refractivity contribution in [2.24, 2.45) is 5.92 Å². The van der Waals surface area contributed by atoms with Gasteiger partial charge in [0.15, 0.2) is 10.8 Å². The molecular weight excluding hydrogens is 575 g/mol. The summed E-state index contributed by atoms with van der Waals surface area (Å²) in [5.74, 6) is -2.00. The monoisotopic (exact) mass is 612 g/mol. The van der Waals surface area contributed by atoms with Crippen LogP contribution in [0.1, 0.15) is 57.8 Å². The molecule has 43 heavy (non-hydrogen) atoms. The van der Waals surface area contributed by atoms with E-state index in [-0.39, 0.29) is 28.1 Å². The molecule has 1 aromatic carbocycles.